The molecule has 0 unspecified atom stereocenters. The molecule has 0 heterocycles. The van der Waals surface area contributed by atoms with Crippen LogP contribution in [0.2, 0.25) is 0 Å². The quantitative estimate of drug-likeness (QED) is 0.281. The Labute approximate surface area is 212 Å². The number of aliphatic carboxylic acids is 1. The second-order valence-electron chi connectivity index (χ2n) is 8.55. The minimum absolute atomic E-state index is 0.366. The summed E-state index contributed by atoms with van der Waals surface area (Å²) < 4.78 is 0. The Hall–Kier alpha value is -3.31. The SMILES string of the molecule is CSCC[C@H](NC(=O)c1ccc(C=CCCCc2ccccc2)cc1-c1ccccc1C)C(=O)O. The molecule has 0 spiro atoms. The van der Waals surface area contributed by atoms with E-state index in [0.717, 1.165) is 41.5 Å². The number of rotatable bonds is 12. The van der Waals surface area contributed by atoms with Crippen LogP contribution < -0.4 is 5.32 Å². The van der Waals surface area contributed by atoms with Crippen molar-refractivity contribution in [3.8, 4) is 11.1 Å². The molecule has 4 nitrogen and oxygen atoms in total. The second-order valence-corrected chi connectivity index (χ2v) is 9.53. The van der Waals surface area contributed by atoms with E-state index in [4.69, 9.17) is 0 Å². The third-order valence-corrected chi connectivity index (χ3v) is 6.57. The van der Waals surface area contributed by atoms with E-state index in [9.17, 15) is 14.7 Å². The molecule has 3 aromatic rings. The summed E-state index contributed by atoms with van der Waals surface area (Å²) in [5, 5.41) is 12.3. The highest BCUT2D eigenvalue weighted by Gasteiger charge is 2.22. The van der Waals surface area contributed by atoms with Gasteiger partial charge in [0.25, 0.3) is 5.91 Å². The van der Waals surface area contributed by atoms with Crippen molar-refractivity contribution in [3.63, 3.8) is 0 Å². The van der Waals surface area contributed by atoms with Crippen LogP contribution in [-0.4, -0.2) is 35.0 Å². The van der Waals surface area contributed by atoms with Crippen LogP contribution in [0.15, 0.2) is 78.9 Å². The van der Waals surface area contributed by atoms with Gasteiger partial charge in [-0.3, -0.25) is 4.79 Å². The van der Waals surface area contributed by atoms with Gasteiger partial charge in [0.1, 0.15) is 6.04 Å². The second kappa shape index (κ2) is 13.5. The molecule has 0 saturated carbocycles. The summed E-state index contributed by atoms with van der Waals surface area (Å²) in [6.45, 7) is 2.02. The Morgan fingerprint density at radius 3 is 2.46 bits per heavy atom. The number of thioether (sulfide) groups is 1. The highest BCUT2D eigenvalue weighted by Crippen LogP contribution is 2.29. The molecule has 1 atom stereocenters. The molecule has 35 heavy (non-hydrogen) atoms. The molecule has 3 aromatic carbocycles. The molecule has 0 aromatic heterocycles. The first kappa shape index (κ1) is 26.3. The third kappa shape index (κ3) is 7.86. The fraction of sp³-hybridized carbons (Fsp3) is 0.267. The smallest absolute Gasteiger partial charge is 0.326 e. The van der Waals surface area contributed by atoms with Crippen LogP contribution >= 0.6 is 11.8 Å². The van der Waals surface area contributed by atoms with Crippen molar-refractivity contribution < 1.29 is 14.7 Å². The van der Waals surface area contributed by atoms with Crippen LogP contribution in [-0.2, 0) is 11.2 Å². The molecule has 0 fully saturated rings. The number of amides is 1. The molecule has 1 amide bonds. The fourth-order valence-corrected chi connectivity index (χ4v) is 4.45. The average molecular weight is 488 g/mol. The van der Waals surface area contributed by atoms with Crippen LogP contribution in [0.5, 0.6) is 0 Å². The number of hydrogen-bond acceptors (Lipinski definition) is 3. The van der Waals surface area contributed by atoms with Gasteiger partial charge in [-0.25, -0.2) is 4.79 Å². The van der Waals surface area contributed by atoms with Crippen LogP contribution in [0, 0.1) is 6.92 Å². The lowest BCUT2D eigenvalue weighted by Crippen LogP contribution is -2.41. The predicted molar refractivity (Wildman–Crippen MR) is 147 cm³/mol. The summed E-state index contributed by atoms with van der Waals surface area (Å²) >= 11 is 1.56. The maximum atomic E-state index is 13.2. The number of carboxylic acids is 1. The number of carbonyl (C=O) groups excluding carboxylic acids is 1. The van der Waals surface area contributed by atoms with Gasteiger partial charge in [-0.15, -0.1) is 0 Å². The zero-order valence-corrected chi connectivity index (χ0v) is 21.2. The number of allylic oxidation sites excluding steroid dienone is 1. The molecule has 0 aliphatic rings. The fourth-order valence-electron chi connectivity index (χ4n) is 3.98. The Morgan fingerprint density at radius 1 is 1.00 bits per heavy atom. The molecule has 3 rings (SSSR count). The molecular formula is C30H33NO3S. The summed E-state index contributed by atoms with van der Waals surface area (Å²) in [5.41, 5.74) is 5.67. The van der Waals surface area contributed by atoms with Gasteiger partial charge in [-0.2, -0.15) is 11.8 Å². The summed E-state index contributed by atoms with van der Waals surface area (Å²) in [7, 11) is 0. The third-order valence-electron chi connectivity index (χ3n) is 5.93. The van der Waals surface area contributed by atoms with Crippen LogP contribution in [0.4, 0.5) is 0 Å². The van der Waals surface area contributed by atoms with Gasteiger partial charge in [0.05, 0.1) is 0 Å². The lowest BCUT2D eigenvalue weighted by atomic mass is 9.93. The Balaban J connectivity index is 1.80. The summed E-state index contributed by atoms with van der Waals surface area (Å²) in [6.07, 6.45) is 9.64. The van der Waals surface area contributed by atoms with Crippen LogP contribution in [0.25, 0.3) is 17.2 Å². The predicted octanol–water partition coefficient (Wildman–Crippen LogP) is 6.63. The minimum atomic E-state index is -1.01. The largest absolute Gasteiger partial charge is 0.480 e. The molecule has 0 bridgehead atoms. The van der Waals surface area contributed by atoms with Gasteiger partial charge < -0.3 is 10.4 Å². The molecule has 0 aliphatic carbocycles. The van der Waals surface area contributed by atoms with Gasteiger partial charge in [-0.1, -0.05) is 72.8 Å². The summed E-state index contributed by atoms with van der Waals surface area (Å²) in [6, 6.07) is 23.2. The first-order valence-corrected chi connectivity index (χ1v) is 13.3. The van der Waals surface area contributed by atoms with Crippen molar-refractivity contribution in [3.05, 3.63) is 101 Å². The number of benzene rings is 3. The first-order chi connectivity index (χ1) is 17.0. The lowest BCUT2D eigenvalue weighted by Gasteiger charge is -2.17. The monoisotopic (exact) mass is 487 g/mol. The zero-order valence-electron chi connectivity index (χ0n) is 20.4. The normalized spacial score (nSPS) is 11.9. The molecule has 5 heteroatoms. The van der Waals surface area contributed by atoms with Crippen LogP contribution in [0.1, 0.15) is 46.3 Å². The zero-order chi connectivity index (χ0) is 25.0. The molecule has 182 valence electrons. The van der Waals surface area contributed by atoms with Crippen molar-refractivity contribution >= 4 is 29.7 Å². The summed E-state index contributed by atoms with van der Waals surface area (Å²) in [5.74, 6) is -0.717. The van der Waals surface area contributed by atoms with E-state index < -0.39 is 12.0 Å². The van der Waals surface area contributed by atoms with E-state index in [2.05, 4.69) is 41.7 Å². The van der Waals surface area contributed by atoms with Crippen molar-refractivity contribution in [1.29, 1.82) is 0 Å². The van der Waals surface area contributed by atoms with E-state index in [1.54, 1.807) is 17.8 Å². The van der Waals surface area contributed by atoms with E-state index in [1.165, 1.54) is 5.56 Å². The average Bonchev–Trinajstić information content (AvgIpc) is 2.87. The van der Waals surface area contributed by atoms with Crippen molar-refractivity contribution in [1.82, 2.24) is 5.32 Å². The Kier molecular flexibility index (Phi) is 10.2. The van der Waals surface area contributed by atoms with E-state index in [0.29, 0.717) is 17.7 Å². The standard InChI is InChI=1S/C30H33NO3S/c1-22-11-9-10-16-25(22)27-21-24(15-8-4-7-14-23-12-5-3-6-13-23)17-18-26(27)29(32)31-28(30(33)34)19-20-35-2/h3,5-6,8-13,15-18,21,28H,4,7,14,19-20H2,1-2H3,(H,31,32)(H,33,34)/t28-/m0/s1. The van der Waals surface area contributed by atoms with Gasteiger partial charge in [0.15, 0.2) is 0 Å². The maximum Gasteiger partial charge on any atom is 0.326 e. The number of nitrogens with one attached hydrogen (secondary N) is 1. The number of carbonyl (C=O) groups is 2. The van der Waals surface area contributed by atoms with Crippen molar-refractivity contribution in [2.45, 2.75) is 38.6 Å². The van der Waals surface area contributed by atoms with Gasteiger partial charge >= 0.3 is 5.97 Å². The van der Waals surface area contributed by atoms with E-state index >= 15 is 0 Å². The number of aryl methyl sites for hydroxylation is 2. The van der Waals surface area contributed by atoms with Gasteiger partial charge in [-0.05, 0) is 84.6 Å². The van der Waals surface area contributed by atoms with Crippen LogP contribution in [0.3, 0.4) is 0 Å². The molecular weight excluding hydrogens is 454 g/mol. The van der Waals surface area contributed by atoms with Crippen molar-refractivity contribution in [2.24, 2.45) is 0 Å². The highest BCUT2D eigenvalue weighted by molar-refractivity contribution is 7.98. The van der Waals surface area contributed by atoms with E-state index in [-0.39, 0.29) is 5.91 Å². The number of unbranched alkanes of at least 4 members (excludes halogenated alkanes) is 1. The Morgan fingerprint density at radius 2 is 1.74 bits per heavy atom. The highest BCUT2D eigenvalue weighted by atomic mass is 32.2. The van der Waals surface area contributed by atoms with Crippen molar-refractivity contribution in [2.75, 3.05) is 12.0 Å². The topological polar surface area (TPSA) is 66.4 Å². The van der Waals surface area contributed by atoms with Gasteiger partial charge in [0, 0.05) is 5.56 Å². The molecule has 2 N–H and O–H groups in total. The lowest BCUT2D eigenvalue weighted by molar-refractivity contribution is -0.139. The first-order valence-electron chi connectivity index (χ1n) is 11.9. The molecule has 0 saturated heterocycles. The molecule has 0 aliphatic heterocycles. The molecule has 0 radical (unpaired) electrons. The Bertz CT molecular complexity index is 1160. The minimum Gasteiger partial charge on any atom is -0.480 e. The van der Waals surface area contributed by atoms with Gasteiger partial charge in [0.2, 0.25) is 0 Å². The maximum absolute atomic E-state index is 13.2. The number of carboxylic acid groups (broad SMARTS) is 1. The summed E-state index contributed by atoms with van der Waals surface area (Å²) in [4.78, 5) is 24.8. The van der Waals surface area contributed by atoms with E-state index in [1.807, 2.05) is 55.6 Å². The number of hydrogen-bond donors (Lipinski definition) is 2.